The molecule has 114 valence electrons. The van der Waals surface area contributed by atoms with Gasteiger partial charge in [0.05, 0.1) is 23.6 Å². The number of thiophene rings is 1. The molecular formula is C12H13ClF2N4OS. The van der Waals surface area contributed by atoms with Crippen LogP contribution in [0.5, 0.6) is 0 Å². The molecule has 0 fully saturated rings. The highest BCUT2D eigenvalue weighted by Crippen LogP contribution is 2.23. The van der Waals surface area contributed by atoms with Crippen LogP contribution in [0.2, 0.25) is 4.34 Å². The largest absolute Gasteiger partial charge is 0.322 e. The molecule has 0 saturated heterocycles. The van der Waals surface area contributed by atoms with Crippen LogP contribution in [0, 0.1) is 0 Å². The van der Waals surface area contributed by atoms with Gasteiger partial charge < -0.3 is 4.90 Å². The van der Waals surface area contributed by atoms with E-state index in [9.17, 15) is 13.6 Å². The zero-order chi connectivity index (χ0) is 15.4. The van der Waals surface area contributed by atoms with Crippen molar-refractivity contribution in [2.45, 2.75) is 13.0 Å². The SMILES string of the molecule is CN(CC(F)F)C(=O)Nc1ccnn1Cc1ccc(Cl)s1. The summed E-state index contributed by atoms with van der Waals surface area (Å²) in [4.78, 5) is 13.7. The third-order valence-corrected chi connectivity index (χ3v) is 3.86. The van der Waals surface area contributed by atoms with Gasteiger partial charge in [-0.3, -0.25) is 5.32 Å². The summed E-state index contributed by atoms with van der Waals surface area (Å²) in [5, 5.41) is 6.64. The lowest BCUT2D eigenvalue weighted by Gasteiger charge is -2.17. The van der Waals surface area contributed by atoms with Gasteiger partial charge in [-0.15, -0.1) is 11.3 Å². The highest BCUT2D eigenvalue weighted by atomic mass is 35.5. The van der Waals surface area contributed by atoms with Crippen LogP contribution in [0.4, 0.5) is 19.4 Å². The van der Waals surface area contributed by atoms with Crippen LogP contribution in [0.3, 0.4) is 0 Å². The summed E-state index contributed by atoms with van der Waals surface area (Å²) < 4.78 is 26.7. The van der Waals surface area contributed by atoms with E-state index in [1.54, 1.807) is 16.8 Å². The number of anilines is 1. The van der Waals surface area contributed by atoms with Crippen molar-refractivity contribution in [1.82, 2.24) is 14.7 Å². The normalized spacial score (nSPS) is 10.9. The van der Waals surface area contributed by atoms with E-state index >= 15 is 0 Å². The molecule has 0 aromatic carbocycles. The first-order valence-corrected chi connectivity index (χ1v) is 7.21. The highest BCUT2D eigenvalue weighted by Gasteiger charge is 2.15. The van der Waals surface area contributed by atoms with E-state index < -0.39 is 19.0 Å². The van der Waals surface area contributed by atoms with Gasteiger partial charge in [0.1, 0.15) is 5.82 Å². The van der Waals surface area contributed by atoms with Crippen LogP contribution in [-0.4, -0.2) is 40.7 Å². The van der Waals surface area contributed by atoms with Crippen LogP contribution in [-0.2, 0) is 6.54 Å². The molecule has 9 heteroatoms. The minimum absolute atomic E-state index is 0.436. The van der Waals surface area contributed by atoms with Crippen molar-refractivity contribution in [2.75, 3.05) is 18.9 Å². The maximum atomic E-state index is 12.2. The lowest BCUT2D eigenvalue weighted by atomic mass is 10.4. The fourth-order valence-corrected chi connectivity index (χ4v) is 2.71. The second-order valence-electron chi connectivity index (χ2n) is 4.28. The summed E-state index contributed by atoms with van der Waals surface area (Å²) in [6, 6.07) is 4.63. The van der Waals surface area contributed by atoms with Crippen LogP contribution in [0.25, 0.3) is 0 Å². The lowest BCUT2D eigenvalue weighted by molar-refractivity contribution is 0.111. The fourth-order valence-electron chi connectivity index (χ4n) is 1.64. The molecular weight excluding hydrogens is 322 g/mol. The molecule has 0 spiro atoms. The first-order chi connectivity index (χ1) is 9.95. The Labute approximate surface area is 129 Å². The number of nitrogens with one attached hydrogen (secondary N) is 1. The Balaban J connectivity index is 2.01. The number of hydrogen-bond acceptors (Lipinski definition) is 3. The van der Waals surface area contributed by atoms with Gasteiger partial charge in [0.2, 0.25) is 0 Å². The maximum absolute atomic E-state index is 12.2. The number of rotatable bonds is 5. The first-order valence-electron chi connectivity index (χ1n) is 6.02. The smallest absolute Gasteiger partial charge is 0.322 e. The lowest BCUT2D eigenvalue weighted by Crippen LogP contribution is -2.35. The number of nitrogens with zero attached hydrogens (tertiary/aromatic N) is 3. The number of amides is 2. The molecule has 2 aromatic heterocycles. The molecule has 0 atom stereocenters. The Kier molecular flexibility index (Phi) is 5.13. The zero-order valence-corrected chi connectivity index (χ0v) is 12.7. The number of halogens is 3. The number of carbonyl (C=O) groups is 1. The number of hydrogen-bond donors (Lipinski definition) is 1. The van der Waals surface area contributed by atoms with Crippen molar-refractivity contribution in [2.24, 2.45) is 0 Å². The van der Waals surface area contributed by atoms with Gasteiger partial charge in [-0.1, -0.05) is 11.6 Å². The molecule has 2 amide bonds. The number of alkyl halides is 2. The van der Waals surface area contributed by atoms with Crippen molar-refractivity contribution in [1.29, 1.82) is 0 Å². The molecule has 0 radical (unpaired) electrons. The molecule has 0 aliphatic carbocycles. The second kappa shape index (κ2) is 6.86. The first kappa shape index (κ1) is 15.7. The van der Waals surface area contributed by atoms with Gasteiger partial charge in [0, 0.05) is 18.0 Å². The third-order valence-electron chi connectivity index (χ3n) is 2.64. The molecule has 0 saturated carbocycles. The molecule has 0 unspecified atom stereocenters. The van der Waals surface area contributed by atoms with Crippen molar-refractivity contribution in [3.8, 4) is 0 Å². The van der Waals surface area contributed by atoms with Crippen LogP contribution < -0.4 is 5.32 Å². The Morgan fingerprint density at radius 1 is 1.52 bits per heavy atom. The van der Waals surface area contributed by atoms with E-state index in [0.29, 0.717) is 16.7 Å². The van der Waals surface area contributed by atoms with Crippen molar-refractivity contribution in [3.05, 3.63) is 33.6 Å². The van der Waals surface area contributed by atoms with Crippen LogP contribution >= 0.6 is 22.9 Å². The van der Waals surface area contributed by atoms with Crippen molar-refractivity contribution in [3.63, 3.8) is 0 Å². The quantitative estimate of drug-likeness (QED) is 0.911. The van der Waals surface area contributed by atoms with Crippen LogP contribution in [0.1, 0.15) is 4.88 Å². The molecule has 0 aliphatic rings. The minimum atomic E-state index is -2.57. The summed E-state index contributed by atoms with van der Waals surface area (Å²) in [6.45, 7) is -0.181. The van der Waals surface area contributed by atoms with E-state index in [1.165, 1.54) is 24.6 Å². The van der Waals surface area contributed by atoms with Gasteiger partial charge in [-0.2, -0.15) is 5.10 Å². The molecule has 1 N–H and O–H groups in total. The number of urea groups is 1. The van der Waals surface area contributed by atoms with E-state index in [1.807, 2.05) is 6.07 Å². The second-order valence-corrected chi connectivity index (χ2v) is 6.08. The fraction of sp³-hybridized carbons (Fsp3) is 0.333. The number of aromatic nitrogens is 2. The number of carbonyl (C=O) groups excluding carboxylic acids is 1. The third kappa shape index (κ3) is 4.40. The highest BCUT2D eigenvalue weighted by molar-refractivity contribution is 7.16. The van der Waals surface area contributed by atoms with Crippen molar-refractivity contribution >= 4 is 34.8 Å². The van der Waals surface area contributed by atoms with Crippen LogP contribution in [0.15, 0.2) is 24.4 Å². The summed E-state index contributed by atoms with van der Waals surface area (Å²) in [5.41, 5.74) is 0. The summed E-state index contributed by atoms with van der Waals surface area (Å²) in [7, 11) is 1.31. The Hall–Kier alpha value is -1.67. The molecule has 0 bridgehead atoms. The van der Waals surface area contributed by atoms with E-state index in [0.717, 1.165) is 9.78 Å². The van der Waals surface area contributed by atoms with Gasteiger partial charge in [0.15, 0.2) is 0 Å². The predicted octanol–water partition coefficient (Wildman–Crippen LogP) is 3.38. The minimum Gasteiger partial charge on any atom is -0.322 e. The van der Waals surface area contributed by atoms with Crippen molar-refractivity contribution < 1.29 is 13.6 Å². The molecule has 0 aliphatic heterocycles. The zero-order valence-electron chi connectivity index (χ0n) is 11.1. The predicted molar refractivity (Wildman–Crippen MR) is 78.3 cm³/mol. The monoisotopic (exact) mass is 334 g/mol. The van der Waals surface area contributed by atoms with E-state index in [-0.39, 0.29) is 0 Å². The molecule has 2 aromatic rings. The van der Waals surface area contributed by atoms with E-state index in [2.05, 4.69) is 10.4 Å². The summed E-state index contributed by atoms with van der Waals surface area (Å²) in [6.07, 6.45) is -1.04. The average molecular weight is 335 g/mol. The Bertz CT molecular complexity index is 616. The maximum Gasteiger partial charge on any atom is 0.322 e. The standard InChI is InChI=1S/C12H13ClF2N4OS/c1-18(7-10(14)15)12(20)17-11-4-5-16-19(11)6-8-2-3-9(13)21-8/h2-5,10H,6-7H2,1H3,(H,17,20). The molecule has 2 rings (SSSR count). The van der Waals surface area contributed by atoms with Gasteiger partial charge >= 0.3 is 6.03 Å². The van der Waals surface area contributed by atoms with E-state index in [4.69, 9.17) is 11.6 Å². The Morgan fingerprint density at radius 2 is 2.29 bits per heavy atom. The average Bonchev–Trinajstić information content (AvgIpc) is 2.99. The summed E-state index contributed by atoms with van der Waals surface area (Å²) in [5.74, 6) is 0.436. The summed E-state index contributed by atoms with van der Waals surface area (Å²) >= 11 is 7.27. The molecule has 21 heavy (non-hydrogen) atoms. The van der Waals surface area contributed by atoms with Gasteiger partial charge in [-0.25, -0.2) is 18.3 Å². The van der Waals surface area contributed by atoms with Gasteiger partial charge in [0.25, 0.3) is 6.43 Å². The topological polar surface area (TPSA) is 50.2 Å². The Morgan fingerprint density at radius 3 is 2.90 bits per heavy atom. The van der Waals surface area contributed by atoms with Gasteiger partial charge in [-0.05, 0) is 12.1 Å². The molecule has 2 heterocycles. The molecule has 5 nitrogen and oxygen atoms in total.